The summed E-state index contributed by atoms with van der Waals surface area (Å²) in [4.78, 5) is 15.8. The van der Waals surface area contributed by atoms with E-state index in [1.165, 1.54) is 7.11 Å². The first-order valence-electron chi connectivity index (χ1n) is 11.5. The second kappa shape index (κ2) is 5.84. The molecule has 5 bridgehead atoms. The van der Waals surface area contributed by atoms with E-state index in [9.17, 15) is 15.0 Å². The van der Waals surface area contributed by atoms with Gasteiger partial charge in [0.1, 0.15) is 0 Å². The molecule has 6 aliphatic rings. The Hall–Kier alpha value is -0.950. The van der Waals surface area contributed by atoms with Crippen LogP contribution in [0.3, 0.4) is 0 Å². The van der Waals surface area contributed by atoms with Crippen LogP contribution < -0.4 is 0 Å². The van der Waals surface area contributed by atoms with E-state index in [4.69, 9.17) is 9.47 Å². The van der Waals surface area contributed by atoms with Gasteiger partial charge in [0.2, 0.25) is 0 Å². The van der Waals surface area contributed by atoms with Gasteiger partial charge in [0.25, 0.3) is 0 Å². The first-order valence-corrected chi connectivity index (χ1v) is 11.5. The van der Waals surface area contributed by atoms with Crippen LogP contribution in [0.15, 0.2) is 11.1 Å². The number of carbonyl (C=O) groups excluding carboxylic acids is 1. The van der Waals surface area contributed by atoms with E-state index in [1.807, 2.05) is 0 Å². The quantitative estimate of drug-likeness (QED) is 0.683. The third-order valence-electron chi connectivity index (χ3n) is 9.87. The van der Waals surface area contributed by atoms with Crippen molar-refractivity contribution >= 4 is 5.97 Å². The summed E-state index contributed by atoms with van der Waals surface area (Å²) in [6, 6.07) is 0.820. The normalized spacial score (nSPS) is 56.9. The van der Waals surface area contributed by atoms with Crippen molar-refractivity contribution in [3.8, 4) is 0 Å². The van der Waals surface area contributed by atoms with Crippen LogP contribution in [-0.4, -0.2) is 70.7 Å². The van der Waals surface area contributed by atoms with E-state index in [2.05, 4.69) is 11.8 Å². The van der Waals surface area contributed by atoms with Gasteiger partial charge in [0, 0.05) is 31.0 Å². The number of aliphatic hydroxyl groups is 2. The summed E-state index contributed by atoms with van der Waals surface area (Å²) in [5.41, 5.74) is -0.0927. The Morgan fingerprint density at radius 3 is 2.69 bits per heavy atom. The average Bonchev–Trinajstić information content (AvgIpc) is 3.11. The second-order valence-electron chi connectivity index (χ2n) is 10.5. The van der Waals surface area contributed by atoms with Crippen LogP contribution in [0.5, 0.6) is 0 Å². The number of hydrogen-bond acceptors (Lipinski definition) is 6. The highest BCUT2D eigenvalue weighted by Gasteiger charge is 2.80. The fraction of sp³-hybridized carbons (Fsp3) is 0.870. The van der Waals surface area contributed by atoms with E-state index in [1.54, 1.807) is 7.11 Å². The summed E-state index contributed by atoms with van der Waals surface area (Å²) in [5, 5.41) is 23.7. The molecule has 6 nitrogen and oxygen atoms in total. The Bertz CT molecular complexity index is 796. The van der Waals surface area contributed by atoms with Gasteiger partial charge >= 0.3 is 5.97 Å². The van der Waals surface area contributed by atoms with Crippen LogP contribution in [0.1, 0.15) is 51.9 Å². The van der Waals surface area contributed by atoms with Crippen molar-refractivity contribution in [2.24, 2.45) is 23.7 Å². The minimum absolute atomic E-state index is 0.0666. The zero-order valence-electron chi connectivity index (χ0n) is 17.6. The van der Waals surface area contributed by atoms with Crippen molar-refractivity contribution < 1.29 is 24.5 Å². The molecule has 2 unspecified atom stereocenters. The largest absolute Gasteiger partial charge is 0.466 e. The molecule has 2 N–H and O–H groups in total. The minimum atomic E-state index is -0.973. The molecule has 0 amide bonds. The lowest BCUT2D eigenvalue weighted by atomic mass is 9.53. The molecule has 160 valence electrons. The maximum absolute atomic E-state index is 13.1. The summed E-state index contributed by atoms with van der Waals surface area (Å²) in [6.07, 6.45) is 5.90. The predicted octanol–water partition coefficient (Wildman–Crippen LogP) is 1.64. The maximum Gasteiger partial charge on any atom is 0.336 e. The molecule has 3 heterocycles. The van der Waals surface area contributed by atoms with Gasteiger partial charge < -0.3 is 19.7 Å². The Balaban J connectivity index is 1.67. The van der Waals surface area contributed by atoms with E-state index >= 15 is 0 Å². The van der Waals surface area contributed by atoms with Crippen LogP contribution in [0.4, 0.5) is 0 Å². The number of piperidine rings is 2. The number of rotatable bonds is 2. The number of ether oxygens (including phenoxy) is 2. The lowest BCUT2D eigenvalue weighted by Gasteiger charge is -2.65. The van der Waals surface area contributed by atoms with Crippen molar-refractivity contribution in [1.29, 1.82) is 0 Å². The molecule has 29 heavy (non-hydrogen) atoms. The minimum Gasteiger partial charge on any atom is -0.466 e. The van der Waals surface area contributed by atoms with Gasteiger partial charge in [-0.05, 0) is 62.9 Å². The second-order valence-corrected chi connectivity index (χ2v) is 10.5. The number of methoxy groups -OCH3 is 2. The summed E-state index contributed by atoms with van der Waals surface area (Å²) in [6.45, 7) is 2.31. The molecule has 11 atom stereocenters. The third-order valence-corrected chi connectivity index (χ3v) is 9.87. The lowest BCUT2D eigenvalue weighted by Crippen LogP contribution is -2.73. The van der Waals surface area contributed by atoms with Gasteiger partial charge in [-0.3, -0.25) is 4.90 Å². The van der Waals surface area contributed by atoms with Crippen LogP contribution in [-0.2, 0) is 14.3 Å². The first-order chi connectivity index (χ1) is 13.9. The standard InChI is InChI=1S/C23H33NO5/c1-11-7-8-13-15-9-12-10-22(13,27)20-18(21(26)29-3)19(25)17-14(23(12,20)24(11)15)5-4-6-16(17)28-2/h11-17,19,25,27H,4-10H2,1-3H3/t11-,12?,13+,14+,15+,16-,17-,19-,22+,23+/m0/s1. The van der Waals surface area contributed by atoms with Gasteiger partial charge in [0.15, 0.2) is 0 Å². The highest BCUT2D eigenvalue weighted by atomic mass is 16.5. The van der Waals surface area contributed by atoms with Crippen molar-refractivity contribution in [3.63, 3.8) is 0 Å². The average molecular weight is 404 g/mol. The number of hydrogen-bond donors (Lipinski definition) is 2. The molecule has 5 fully saturated rings. The lowest BCUT2D eigenvalue weighted by molar-refractivity contribution is -0.163. The molecular formula is C23H33NO5. The molecule has 3 aliphatic carbocycles. The summed E-state index contributed by atoms with van der Waals surface area (Å²) >= 11 is 0. The van der Waals surface area contributed by atoms with Crippen LogP contribution in [0.25, 0.3) is 0 Å². The van der Waals surface area contributed by atoms with E-state index < -0.39 is 17.7 Å². The maximum atomic E-state index is 13.1. The van der Waals surface area contributed by atoms with Crippen molar-refractivity contribution in [3.05, 3.63) is 11.1 Å². The van der Waals surface area contributed by atoms with E-state index in [0.29, 0.717) is 23.6 Å². The summed E-state index contributed by atoms with van der Waals surface area (Å²) in [5.74, 6) is 0.124. The van der Waals surface area contributed by atoms with Gasteiger partial charge in [-0.2, -0.15) is 0 Å². The highest BCUT2D eigenvalue weighted by Crippen LogP contribution is 2.74. The summed E-state index contributed by atoms with van der Waals surface area (Å²) in [7, 11) is 3.11. The molecule has 0 aromatic carbocycles. The smallest absolute Gasteiger partial charge is 0.336 e. The number of fused-ring (bicyclic) bond motifs is 2. The molecule has 3 aliphatic heterocycles. The van der Waals surface area contributed by atoms with Gasteiger partial charge in [-0.1, -0.05) is 6.42 Å². The SMILES string of the molecule is COC(=O)C1=C2[C@@]3(O)CC4C[C@@H]5[C@H]3CC[C@H](C)N5[C@]24[C@@H]2CCC[C@H](OC)[C@H]2[C@@H]1O. The topological polar surface area (TPSA) is 79.2 Å². The molecule has 3 saturated heterocycles. The van der Waals surface area contributed by atoms with Crippen molar-refractivity contribution in [1.82, 2.24) is 4.90 Å². The summed E-state index contributed by atoms with van der Waals surface area (Å²) < 4.78 is 11.1. The Labute approximate surface area is 172 Å². The molecule has 0 radical (unpaired) electrons. The van der Waals surface area contributed by atoms with Crippen LogP contribution in [0, 0.1) is 23.7 Å². The van der Waals surface area contributed by atoms with Gasteiger partial charge in [0.05, 0.1) is 36.0 Å². The Morgan fingerprint density at radius 2 is 1.97 bits per heavy atom. The molecule has 6 heteroatoms. The Morgan fingerprint density at radius 1 is 1.17 bits per heavy atom. The number of esters is 1. The van der Waals surface area contributed by atoms with E-state index in [-0.39, 0.29) is 29.4 Å². The zero-order chi connectivity index (χ0) is 20.3. The van der Waals surface area contributed by atoms with Gasteiger partial charge in [-0.25, -0.2) is 4.79 Å². The molecule has 0 aromatic rings. The zero-order valence-corrected chi connectivity index (χ0v) is 17.6. The van der Waals surface area contributed by atoms with E-state index in [0.717, 1.165) is 50.5 Å². The molecule has 6 rings (SSSR count). The molecule has 0 aromatic heterocycles. The fourth-order valence-electron chi connectivity index (χ4n) is 9.36. The monoisotopic (exact) mass is 403 g/mol. The Kier molecular flexibility index (Phi) is 3.79. The van der Waals surface area contributed by atoms with Gasteiger partial charge in [-0.15, -0.1) is 0 Å². The van der Waals surface area contributed by atoms with Crippen LogP contribution in [0.2, 0.25) is 0 Å². The number of carbonyl (C=O) groups is 1. The van der Waals surface area contributed by atoms with Crippen molar-refractivity contribution in [2.75, 3.05) is 14.2 Å². The highest BCUT2D eigenvalue weighted by molar-refractivity contribution is 5.92. The van der Waals surface area contributed by atoms with Crippen LogP contribution >= 0.6 is 0 Å². The predicted molar refractivity (Wildman–Crippen MR) is 105 cm³/mol. The molecule has 1 spiro atoms. The van der Waals surface area contributed by atoms with Crippen molar-refractivity contribution in [2.45, 2.75) is 87.3 Å². The first kappa shape index (κ1) is 18.8. The number of aliphatic hydroxyl groups excluding tert-OH is 1. The third kappa shape index (κ3) is 1.88. The molecular weight excluding hydrogens is 370 g/mol. The number of nitrogens with zero attached hydrogens (tertiary/aromatic N) is 1. The fourth-order valence-corrected chi connectivity index (χ4v) is 9.36. The molecule has 2 saturated carbocycles.